The molecule has 0 fully saturated rings. The minimum absolute atomic E-state index is 0. The third-order valence-electron chi connectivity index (χ3n) is 3.85. The summed E-state index contributed by atoms with van der Waals surface area (Å²) in [6.07, 6.45) is 5.55. The van der Waals surface area contributed by atoms with Crippen molar-refractivity contribution in [2.45, 2.75) is 11.4 Å². The summed E-state index contributed by atoms with van der Waals surface area (Å²) in [6, 6.07) is 18.7. The van der Waals surface area contributed by atoms with E-state index in [4.69, 9.17) is 0 Å². The Morgan fingerprint density at radius 2 is 1.85 bits per heavy atom. The number of benzene rings is 2. The average molecular weight is 493 g/mol. The van der Waals surface area contributed by atoms with Gasteiger partial charge in [-0.15, -0.1) is 35.7 Å². The van der Waals surface area contributed by atoms with Crippen molar-refractivity contribution in [3.63, 3.8) is 0 Å². The first-order valence-electron chi connectivity index (χ1n) is 8.55. The highest BCUT2D eigenvalue weighted by atomic mass is 127. The van der Waals surface area contributed by atoms with Gasteiger partial charge in [0.25, 0.3) is 0 Å². The summed E-state index contributed by atoms with van der Waals surface area (Å²) >= 11 is 1.83. The second-order valence-corrected chi connectivity index (χ2v) is 6.78. The minimum Gasteiger partial charge on any atom is -0.356 e. The van der Waals surface area contributed by atoms with Gasteiger partial charge in [0.2, 0.25) is 0 Å². The Labute approximate surface area is 181 Å². The summed E-state index contributed by atoms with van der Waals surface area (Å²) in [4.78, 5) is 9.72. The highest BCUT2D eigenvalue weighted by Crippen LogP contribution is 2.16. The van der Waals surface area contributed by atoms with Crippen LogP contribution in [0.5, 0.6) is 0 Å². The van der Waals surface area contributed by atoms with Crippen molar-refractivity contribution in [1.29, 1.82) is 0 Å². The summed E-state index contributed by atoms with van der Waals surface area (Å²) < 4.78 is 2.02. The maximum absolute atomic E-state index is 4.31. The van der Waals surface area contributed by atoms with Gasteiger partial charge < -0.3 is 15.2 Å². The molecule has 0 saturated carbocycles. The van der Waals surface area contributed by atoms with Gasteiger partial charge in [0.1, 0.15) is 0 Å². The van der Waals surface area contributed by atoms with Crippen LogP contribution < -0.4 is 10.6 Å². The standard InChI is InChI=1S/C20H23N5S.HI/c1-21-20(23-12-14-26-18-8-3-2-4-9-18)24-15-17-7-5-6-10-19(17)25-13-11-22-16-25;/h2-11,13,16H,12,14-15H2,1H3,(H2,21,23,24);1H. The highest BCUT2D eigenvalue weighted by Gasteiger charge is 2.05. The molecule has 7 heteroatoms. The Kier molecular flexibility index (Phi) is 9.20. The maximum atomic E-state index is 4.31. The van der Waals surface area contributed by atoms with Crippen molar-refractivity contribution in [2.24, 2.45) is 4.99 Å². The summed E-state index contributed by atoms with van der Waals surface area (Å²) in [7, 11) is 1.79. The molecule has 142 valence electrons. The number of para-hydroxylation sites is 1. The van der Waals surface area contributed by atoms with Crippen LogP contribution in [0.15, 0.2) is 83.2 Å². The predicted octanol–water partition coefficient (Wildman–Crippen LogP) is 3.95. The zero-order valence-electron chi connectivity index (χ0n) is 15.2. The smallest absolute Gasteiger partial charge is 0.191 e. The van der Waals surface area contributed by atoms with E-state index in [1.165, 1.54) is 10.5 Å². The van der Waals surface area contributed by atoms with Gasteiger partial charge in [0, 0.05) is 43.2 Å². The van der Waals surface area contributed by atoms with E-state index in [0.717, 1.165) is 23.9 Å². The fraction of sp³-hybridized carbons (Fsp3) is 0.200. The number of nitrogens with one attached hydrogen (secondary N) is 2. The van der Waals surface area contributed by atoms with Gasteiger partial charge in [-0.3, -0.25) is 4.99 Å². The van der Waals surface area contributed by atoms with Crippen LogP contribution in [0, 0.1) is 0 Å². The maximum Gasteiger partial charge on any atom is 0.191 e. The normalized spacial score (nSPS) is 10.9. The largest absolute Gasteiger partial charge is 0.356 e. The molecule has 2 aromatic carbocycles. The number of hydrogen-bond acceptors (Lipinski definition) is 3. The van der Waals surface area contributed by atoms with E-state index in [1.54, 1.807) is 13.2 Å². The second kappa shape index (κ2) is 11.7. The molecule has 0 aliphatic carbocycles. The molecule has 0 unspecified atom stereocenters. The molecule has 0 radical (unpaired) electrons. The van der Waals surface area contributed by atoms with Crippen molar-refractivity contribution in [3.05, 3.63) is 78.9 Å². The van der Waals surface area contributed by atoms with Crippen LogP contribution in [0.25, 0.3) is 5.69 Å². The SMILES string of the molecule is CN=C(NCCSc1ccccc1)NCc1ccccc1-n1ccnc1.I. The van der Waals surface area contributed by atoms with Gasteiger partial charge in [-0.05, 0) is 23.8 Å². The third-order valence-corrected chi connectivity index (χ3v) is 4.86. The van der Waals surface area contributed by atoms with E-state index in [0.29, 0.717) is 6.54 Å². The van der Waals surface area contributed by atoms with Crippen molar-refractivity contribution in [2.75, 3.05) is 19.3 Å². The van der Waals surface area contributed by atoms with Gasteiger partial charge in [-0.2, -0.15) is 0 Å². The number of halogens is 1. The lowest BCUT2D eigenvalue weighted by Crippen LogP contribution is -2.38. The van der Waals surface area contributed by atoms with E-state index in [1.807, 2.05) is 47.1 Å². The Balaban J connectivity index is 0.00000261. The monoisotopic (exact) mass is 493 g/mol. The lowest BCUT2D eigenvalue weighted by Gasteiger charge is -2.14. The summed E-state index contributed by atoms with van der Waals surface area (Å²) in [5.41, 5.74) is 2.31. The Morgan fingerprint density at radius 1 is 1.07 bits per heavy atom. The molecule has 0 bridgehead atoms. The molecule has 3 rings (SSSR count). The number of aliphatic imine (C=N–C) groups is 1. The van der Waals surface area contributed by atoms with Crippen molar-refractivity contribution in [3.8, 4) is 5.69 Å². The molecule has 0 aliphatic heterocycles. The van der Waals surface area contributed by atoms with Crippen molar-refractivity contribution < 1.29 is 0 Å². The quantitative estimate of drug-likeness (QED) is 0.172. The first-order valence-corrected chi connectivity index (χ1v) is 9.54. The van der Waals surface area contributed by atoms with Crippen LogP contribution in [0.4, 0.5) is 0 Å². The average Bonchev–Trinajstić information content (AvgIpc) is 3.23. The van der Waals surface area contributed by atoms with Gasteiger partial charge in [0.15, 0.2) is 5.96 Å². The summed E-state index contributed by atoms with van der Waals surface area (Å²) in [5, 5.41) is 6.75. The Bertz CT molecular complexity index is 821. The third kappa shape index (κ3) is 6.59. The minimum atomic E-state index is 0. The van der Waals surface area contributed by atoms with Crippen molar-refractivity contribution in [1.82, 2.24) is 20.2 Å². The summed E-state index contributed by atoms with van der Waals surface area (Å²) in [6.45, 7) is 1.54. The van der Waals surface area contributed by atoms with Crippen LogP contribution in [0.2, 0.25) is 0 Å². The fourth-order valence-corrected chi connectivity index (χ4v) is 3.36. The van der Waals surface area contributed by atoms with Gasteiger partial charge in [-0.25, -0.2) is 4.98 Å². The highest BCUT2D eigenvalue weighted by molar-refractivity contribution is 14.0. The second-order valence-electron chi connectivity index (χ2n) is 5.61. The molecule has 0 spiro atoms. The molecule has 27 heavy (non-hydrogen) atoms. The molecular formula is C20H24IN5S. The molecule has 1 heterocycles. The van der Waals surface area contributed by atoms with E-state index in [2.05, 4.69) is 57.0 Å². The molecule has 0 aliphatic rings. The number of hydrogen-bond donors (Lipinski definition) is 2. The number of imidazole rings is 1. The van der Waals surface area contributed by atoms with E-state index in [-0.39, 0.29) is 24.0 Å². The first-order chi connectivity index (χ1) is 12.9. The Hall–Kier alpha value is -2.00. The zero-order valence-corrected chi connectivity index (χ0v) is 18.4. The topological polar surface area (TPSA) is 54.2 Å². The van der Waals surface area contributed by atoms with E-state index >= 15 is 0 Å². The van der Waals surface area contributed by atoms with Gasteiger partial charge in [-0.1, -0.05) is 36.4 Å². The first kappa shape index (κ1) is 21.3. The Morgan fingerprint density at radius 3 is 2.59 bits per heavy atom. The predicted molar refractivity (Wildman–Crippen MR) is 124 cm³/mol. The molecular weight excluding hydrogens is 469 g/mol. The van der Waals surface area contributed by atoms with Crippen molar-refractivity contribution >= 4 is 41.7 Å². The molecule has 0 atom stereocenters. The molecule has 5 nitrogen and oxygen atoms in total. The number of guanidine groups is 1. The number of aromatic nitrogens is 2. The van der Waals surface area contributed by atoms with Gasteiger partial charge >= 0.3 is 0 Å². The number of rotatable bonds is 7. The van der Waals surface area contributed by atoms with Crippen LogP contribution in [-0.4, -0.2) is 34.9 Å². The molecule has 0 amide bonds. The lowest BCUT2D eigenvalue weighted by molar-refractivity contribution is 0.825. The number of thioether (sulfide) groups is 1. The van der Waals surface area contributed by atoms with Crippen LogP contribution in [0.3, 0.4) is 0 Å². The summed E-state index contributed by atoms with van der Waals surface area (Å²) in [5.74, 6) is 1.79. The van der Waals surface area contributed by atoms with Gasteiger partial charge in [0.05, 0.1) is 12.0 Å². The van der Waals surface area contributed by atoms with Crippen LogP contribution in [-0.2, 0) is 6.54 Å². The lowest BCUT2D eigenvalue weighted by atomic mass is 10.1. The van der Waals surface area contributed by atoms with E-state index in [9.17, 15) is 0 Å². The molecule has 0 saturated heterocycles. The zero-order chi connectivity index (χ0) is 18.0. The molecule has 3 aromatic rings. The fourth-order valence-electron chi connectivity index (χ4n) is 2.57. The molecule has 1 aromatic heterocycles. The van der Waals surface area contributed by atoms with Crippen LogP contribution in [0.1, 0.15) is 5.56 Å². The van der Waals surface area contributed by atoms with Crippen LogP contribution >= 0.6 is 35.7 Å². The number of nitrogens with zero attached hydrogens (tertiary/aromatic N) is 3. The van der Waals surface area contributed by atoms with E-state index < -0.39 is 0 Å². The molecule has 2 N–H and O–H groups in total.